The molecule has 0 heterocycles. The molecule has 0 amide bonds. The van der Waals surface area contributed by atoms with E-state index in [0.29, 0.717) is 5.02 Å². The van der Waals surface area contributed by atoms with Gasteiger partial charge in [-0.1, -0.05) is 25.4 Å². The van der Waals surface area contributed by atoms with Gasteiger partial charge in [0.05, 0.1) is 6.10 Å². The van der Waals surface area contributed by atoms with Crippen molar-refractivity contribution in [3.8, 4) is 0 Å². The van der Waals surface area contributed by atoms with Gasteiger partial charge in [-0.25, -0.2) is 4.39 Å². The molecule has 1 unspecified atom stereocenters. The van der Waals surface area contributed by atoms with Gasteiger partial charge in [0.2, 0.25) is 0 Å². The molecule has 0 saturated heterocycles. The highest BCUT2D eigenvalue weighted by Crippen LogP contribution is 2.26. The Bertz CT molecular complexity index is 299. The number of hydrogen-bond donors (Lipinski definition) is 1. The van der Waals surface area contributed by atoms with Crippen LogP contribution in [-0.2, 0) is 0 Å². The second-order valence-corrected chi connectivity index (χ2v) is 3.79. The summed E-state index contributed by atoms with van der Waals surface area (Å²) in [6.45, 7) is 3.65. The van der Waals surface area contributed by atoms with E-state index in [9.17, 15) is 9.50 Å². The molecule has 0 bridgehead atoms. The zero-order valence-corrected chi connectivity index (χ0v) is 8.35. The predicted molar refractivity (Wildman–Crippen MR) is 51.2 cm³/mol. The molecule has 1 atom stereocenters. The molecule has 0 aliphatic rings. The van der Waals surface area contributed by atoms with Crippen LogP contribution in [0.25, 0.3) is 0 Å². The zero-order chi connectivity index (χ0) is 10.0. The highest BCUT2D eigenvalue weighted by molar-refractivity contribution is 6.30. The van der Waals surface area contributed by atoms with E-state index in [1.165, 1.54) is 18.2 Å². The molecule has 0 fully saturated rings. The Morgan fingerprint density at radius 1 is 1.38 bits per heavy atom. The first-order chi connectivity index (χ1) is 6.02. The molecule has 3 heteroatoms. The summed E-state index contributed by atoms with van der Waals surface area (Å²) in [6.07, 6.45) is -0.793. The van der Waals surface area contributed by atoms with Gasteiger partial charge in [-0.3, -0.25) is 0 Å². The van der Waals surface area contributed by atoms with Crippen molar-refractivity contribution in [2.75, 3.05) is 0 Å². The van der Waals surface area contributed by atoms with Gasteiger partial charge in [0.25, 0.3) is 0 Å². The summed E-state index contributed by atoms with van der Waals surface area (Å²) in [4.78, 5) is 0. The molecule has 0 aliphatic carbocycles. The van der Waals surface area contributed by atoms with E-state index in [2.05, 4.69) is 0 Å². The summed E-state index contributed by atoms with van der Waals surface area (Å²) in [7, 11) is 0. The Kier molecular flexibility index (Phi) is 3.28. The molecule has 1 rings (SSSR count). The van der Waals surface area contributed by atoms with Gasteiger partial charge in [-0.15, -0.1) is 0 Å². The van der Waals surface area contributed by atoms with Crippen molar-refractivity contribution in [2.24, 2.45) is 5.92 Å². The van der Waals surface area contributed by atoms with Gasteiger partial charge in [-0.2, -0.15) is 0 Å². The lowest BCUT2D eigenvalue weighted by molar-refractivity contribution is 0.123. The van der Waals surface area contributed by atoms with E-state index in [-0.39, 0.29) is 11.5 Å². The SMILES string of the molecule is CC(C)C(O)c1cc(Cl)ccc1F. The fourth-order valence-electron chi connectivity index (χ4n) is 1.10. The third-order valence-corrected chi connectivity index (χ3v) is 2.14. The van der Waals surface area contributed by atoms with Crippen molar-refractivity contribution >= 4 is 11.6 Å². The van der Waals surface area contributed by atoms with Crippen molar-refractivity contribution in [3.05, 3.63) is 34.6 Å². The molecule has 0 spiro atoms. The summed E-state index contributed by atoms with van der Waals surface area (Å²) >= 11 is 5.69. The predicted octanol–water partition coefficient (Wildman–Crippen LogP) is 3.17. The van der Waals surface area contributed by atoms with Gasteiger partial charge in [0.1, 0.15) is 5.82 Å². The van der Waals surface area contributed by atoms with Gasteiger partial charge in [0.15, 0.2) is 0 Å². The Balaban J connectivity index is 3.05. The van der Waals surface area contributed by atoms with Gasteiger partial charge in [-0.05, 0) is 24.1 Å². The summed E-state index contributed by atoms with van der Waals surface area (Å²) in [6, 6.07) is 4.19. The average Bonchev–Trinajstić information content (AvgIpc) is 2.08. The Morgan fingerprint density at radius 3 is 2.54 bits per heavy atom. The van der Waals surface area contributed by atoms with Crippen LogP contribution in [0.2, 0.25) is 5.02 Å². The molecule has 1 aromatic rings. The van der Waals surface area contributed by atoms with Crippen molar-refractivity contribution < 1.29 is 9.50 Å². The Hall–Kier alpha value is -0.600. The highest BCUT2D eigenvalue weighted by atomic mass is 35.5. The molecule has 13 heavy (non-hydrogen) atoms. The van der Waals surface area contributed by atoms with Crippen LogP contribution in [0.4, 0.5) is 4.39 Å². The van der Waals surface area contributed by atoms with Crippen LogP contribution in [0.3, 0.4) is 0 Å². The van der Waals surface area contributed by atoms with Gasteiger partial charge >= 0.3 is 0 Å². The first kappa shape index (κ1) is 10.5. The van der Waals surface area contributed by atoms with E-state index < -0.39 is 11.9 Å². The minimum atomic E-state index is -0.793. The molecule has 1 nitrogen and oxygen atoms in total. The topological polar surface area (TPSA) is 20.2 Å². The molecular formula is C10H12ClFO. The van der Waals surface area contributed by atoms with Crippen LogP contribution >= 0.6 is 11.6 Å². The van der Waals surface area contributed by atoms with Crippen molar-refractivity contribution in [1.82, 2.24) is 0 Å². The van der Waals surface area contributed by atoms with Gasteiger partial charge < -0.3 is 5.11 Å². The summed E-state index contributed by atoms with van der Waals surface area (Å²) in [5, 5.41) is 10.0. The first-order valence-electron chi connectivity index (χ1n) is 4.15. The van der Waals surface area contributed by atoms with Crippen LogP contribution in [0.5, 0.6) is 0 Å². The van der Waals surface area contributed by atoms with Crippen molar-refractivity contribution in [3.63, 3.8) is 0 Å². The monoisotopic (exact) mass is 202 g/mol. The molecule has 0 saturated carbocycles. The largest absolute Gasteiger partial charge is 0.388 e. The average molecular weight is 203 g/mol. The quantitative estimate of drug-likeness (QED) is 0.781. The lowest BCUT2D eigenvalue weighted by Gasteiger charge is -2.15. The molecule has 1 aromatic carbocycles. The third kappa shape index (κ3) is 2.42. The minimum absolute atomic E-state index is 0.0204. The highest BCUT2D eigenvalue weighted by Gasteiger charge is 2.16. The Labute approximate surface area is 82.2 Å². The molecule has 72 valence electrons. The number of rotatable bonds is 2. The lowest BCUT2D eigenvalue weighted by atomic mass is 9.99. The number of aliphatic hydroxyl groups excluding tert-OH is 1. The zero-order valence-electron chi connectivity index (χ0n) is 7.59. The van der Waals surface area contributed by atoms with Crippen LogP contribution in [0.15, 0.2) is 18.2 Å². The molecule has 0 aliphatic heterocycles. The third-order valence-electron chi connectivity index (χ3n) is 1.91. The number of hydrogen-bond acceptors (Lipinski definition) is 1. The standard InChI is InChI=1S/C10H12ClFO/c1-6(2)10(13)8-5-7(11)3-4-9(8)12/h3-6,10,13H,1-2H3. The normalized spacial score (nSPS) is 13.4. The Morgan fingerprint density at radius 2 is 2.00 bits per heavy atom. The van der Waals surface area contributed by atoms with E-state index in [4.69, 9.17) is 11.6 Å². The summed E-state index contributed by atoms with van der Waals surface area (Å²) in [5.74, 6) is -0.432. The van der Waals surface area contributed by atoms with E-state index in [1.807, 2.05) is 13.8 Å². The summed E-state index contributed by atoms with van der Waals surface area (Å²) < 4.78 is 13.2. The number of aliphatic hydroxyl groups is 1. The van der Waals surface area contributed by atoms with Gasteiger partial charge in [0, 0.05) is 10.6 Å². The molecular weight excluding hydrogens is 191 g/mol. The maximum Gasteiger partial charge on any atom is 0.129 e. The first-order valence-corrected chi connectivity index (χ1v) is 4.53. The minimum Gasteiger partial charge on any atom is -0.388 e. The number of benzene rings is 1. The smallest absolute Gasteiger partial charge is 0.129 e. The van der Waals surface area contributed by atoms with Crippen LogP contribution < -0.4 is 0 Å². The molecule has 0 radical (unpaired) electrons. The van der Waals surface area contributed by atoms with Crippen molar-refractivity contribution in [2.45, 2.75) is 20.0 Å². The van der Waals surface area contributed by atoms with E-state index in [0.717, 1.165) is 0 Å². The van der Waals surface area contributed by atoms with Crippen LogP contribution in [0.1, 0.15) is 25.5 Å². The van der Waals surface area contributed by atoms with E-state index in [1.54, 1.807) is 0 Å². The maximum atomic E-state index is 13.2. The van der Waals surface area contributed by atoms with E-state index >= 15 is 0 Å². The fourth-order valence-corrected chi connectivity index (χ4v) is 1.28. The van der Waals surface area contributed by atoms with Crippen molar-refractivity contribution in [1.29, 1.82) is 0 Å². The lowest BCUT2D eigenvalue weighted by Crippen LogP contribution is -2.07. The number of halogens is 2. The fraction of sp³-hybridized carbons (Fsp3) is 0.400. The summed E-state index contributed by atoms with van der Waals surface area (Å²) in [5.41, 5.74) is 0.266. The molecule has 0 aromatic heterocycles. The second-order valence-electron chi connectivity index (χ2n) is 3.35. The molecule has 1 N–H and O–H groups in total. The van der Waals surface area contributed by atoms with Crippen LogP contribution in [0, 0.1) is 11.7 Å². The maximum absolute atomic E-state index is 13.2. The van der Waals surface area contributed by atoms with Crippen LogP contribution in [-0.4, -0.2) is 5.11 Å². The second kappa shape index (κ2) is 4.07.